The van der Waals surface area contributed by atoms with E-state index in [4.69, 9.17) is 0 Å². The molecule has 0 unspecified atom stereocenters. The van der Waals surface area contributed by atoms with E-state index in [0.29, 0.717) is 5.69 Å². The summed E-state index contributed by atoms with van der Waals surface area (Å²) in [6, 6.07) is 5.68. The summed E-state index contributed by atoms with van der Waals surface area (Å²) >= 11 is 2.23. The van der Waals surface area contributed by atoms with Crippen LogP contribution >= 0.6 is 22.6 Å². The molecule has 136 valence electrons. The van der Waals surface area contributed by atoms with Crippen LogP contribution in [0.4, 0.5) is 14.5 Å². The van der Waals surface area contributed by atoms with E-state index in [1.807, 2.05) is 19.1 Å². The average molecular weight is 469 g/mol. The number of carbonyl (C=O) groups excluding carboxylic acids is 1. The van der Waals surface area contributed by atoms with E-state index < -0.39 is 18.0 Å². The van der Waals surface area contributed by atoms with Gasteiger partial charge in [0.15, 0.2) is 0 Å². The Morgan fingerprint density at radius 2 is 2.15 bits per heavy atom. The largest absolute Gasteiger partial charge is 0.322 e. The number of hydrogen-bond donors (Lipinski definition) is 1. The van der Waals surface area contributed by atoms with Gasteiger partial charge in [-0.3, -0.25) is 9.48 Å². The number of allylic oxidation sites excluding steroid dienone is 1. The van der Waals surface area contributed by atoms with Gasteiger partial charge in [0.25, 0.3) is 12.3 Å². The Bertz CT molecular complexity index is 923. The first-order valence-corrected chi connectivity index (χ1v) is 9.32. The number of amides is 1. The second kappa shape index (κ2) is 7.72. The molecule has 4 nitrogen and oxygen atoms in total. The van der Waals surface area contributed by atoms with Crippen molar-refractivity contribution >= 4 is 39.8 Å². The molecule has 1 aliphatic rings. The Morgan fingerprint density at radius 1 is 1.38 bits per heavy atom. The molecule has 0 spiro atoms. The second-order valence-corrected chi connectivity index (χ2v) is 7.80. The van der Waals surface area contributed by atoms with Gasteiger partial charge in [0.2, 0.25) is 0 Å². The molecule has 26 heavy (non-hydrogen) atoms. The van der Waals surface area contributed by atoms with Crippen molar-refractivity contribution in [2.75, 3.05) is 5.32 Å². The van der Waals surface area contributed by atoms with Crippen LogP contribution in [0, 0.1) is 0 Å². The molecule has 0 saturated heterocycles. The number of carbonyl (C=O) groups is 1. The van der Waals surface area contributed by atoms with Crippen LogP contribution in [0.5, 0.6) is 0 Å². The molecule has 0 bridgehead atoms. The van der Waals surface area contributed by atoms with Gasteiger partial charge < -0.3 is 5.32 Å². The van der Waals surface area contributed by atoms with Gasteiger partial charge in [-0.05, 0) is 66.0 Å². The Balaban J connectivity index is 1.98. The minimum atomic E-state index is -2.80. The van der Waals surface area contributed by atoms with Crippen molar-refractivity contribution in [1.82, 2.24) is 9.78 Å². The van der Waals surface area contributed by atoms with Gasteiger partial charge >= 0.3 is 0 Å². The summed E-state index contributed by atoms with van der Waals surface area (Å²) in [6.07, 6.45) is 1.24. The number of rotatable bonds is 3. The second-order valence-electron chi connectivity index (χ2n) is 6.18. The molecule has 1 heterocycles. The van der Waals surface area contributed by atoms with Crippen molar-refractivity contribution < 1.29 is 13.6 Å². The van der Waals surface area contributed by atoms with E-state index in [0.717, 1.165) is 39.5 Å². The topological polar surface area (TPSA) is 46.9 Å². The number of alkyl halides is 2. The van der Waals surface area contributed by atoms with Crippen molar-refractivity contribution in [3.8, 4) is 0 Å². The van der Waals surface area contributed by atoms with Gasteiger partial charge in [-0.1, -0.05) is 12.1 Å². The number of nitrogens with zero attached hydrogens (tertiary/aromatic N) is 2. The fourth-order valence-corrected chi connectivity index (χ4v) is 3.53. The maximum atomic E-state index is 13.1. The molecule has 0 atom stereocenters. The predicted molar refractivity (Wildman–Crippen MR) is 106 cm³/mol. The summed E-state index contributed by atoms with van der Waals surface area (Å²) in [7, 11) is 1.52. The van der Waals surface area contributed by atoms with Gasteiger partial charge in [-0.15, -0.1) is 5.73 Å². The Morgan fingerprint density at radius 3 is 2.85 bits per heavy atom. The normalized spacial score (nSPS) is 13.4. The molecule has 1 aromatic heterocycles. The molecule has 3 rings (SSSR count). The van der Waals surface area contributed by atoms with E-state index in [1.54, 1.807) is 6.07 Å². The number of nitrogens with one attached hydrogen (secondary N) is 1. The Kier molecular flexibility index (Phi) is 5.58. The number of aromatic nitrogens is 2. The number of hydrogen-bond acceptors (Lipinski definition) is 2. The highest BCUT2D eigenvalue weighted by Gasteiger charge is 2.24. The molecule has 0 aliphatic heterocycles. The van der Waals surface area contributed by atoms with Crippen molar-refractivity contribution in [3.05, 3.63) is 56.1 Å². The lowest BCUT2D eigenvalue weighted by atomic mass is 9.86. The van der Waals surface area contributed by atoms with Crippen LogP contribution in [0.15, 0.2) is 33.7 Å². The van der Waals surface area contributed by atoms with Crippen molar-refractivity contribution in [2.24, 2.45) is 7.05 Å². The van der Waals surface area contributed by atoms with E-state index in [1.165, 1.54) is 17.9 Å². The standard InChI is InChI=1S/C19H18F2IN3O/c1-11(22)9-12-5-3-7-14-13(12)6-4-8-16(14)23-19(26)15-10-25(2)24-17(15)18(20)21/h4,6,8,10,18H,3,5,7H2,1-2H3,(H,23,26). The molecule has 1 amide bonds. The fraction of sp³-hybridized carbons (Fsp3) is 0.316. The van der Waals surface area contributed by atoms with Crippen LogP contribution in [-0.4, -0.2) is 15.7 Å². The molecular weight excluding hydrogens is 451 g/mol. The van der Waals surface area contributed by atoms with Crippen LogP contribution in [0.1, 0.15) is 53.4 Å². The highest BCUT2D eigenvalue weighted by molar-refractivity contribution is 14.1. The summed E-state index contributed by atoms with van der Waals surface area (Å²) in [5.41, 5.74) is 6.62. The molecule has 0 saturated carbocycles. The summed E-state index contributed by atoms with van der Waals surface area (Å²) in [5, 5.41) is 6.49. The average Bonchev–Trinajstić information content (AvgIpc) is 2.97. The summed E-state index contributed by atoms with van der Waals surface area (Å²) in [6.45, 7) is 1.99. The van der Waals surface area contributed by atoms with Crippen molar-refractivity contribution in [1.29, 1.82) is 0 Å². The maximum Gasteiger partial charge on any atom is 0.282 e. The third kappa shape index (κ3) is 3.88. The Labute approximate surface area is 164 Å². The molecule has 0 fully saturated rings. The molecule has 1 N–H and O–H groups in total. The van der Waals surface area contributed by atoms with E-state index in [9.17, 15) is 13.6 Å². The summed E-state index contributed by atoms with van der Waals surface area (Å²) < 4.78 is 28.5. The van der Waals surface area contributed by atoms with Crippen LogP contribution in [0.2, 0.25) is 0 Å². The SMILES string of the molecule is CC(I)=C=C1CCCc2c(NC(=O)c3cn(C)nc3C(F)F)cccc21. The lowest BCUT2D eigenvalue weighted by Gasteiger charge is -2.21. The fourth-order valence-electron chi connectivity index (χ4n) is 3.20. The molecule has 0 radical (unpaired) electrons. The first-order chi connectivity index (χ1) is 12.4. The lowest BCUT2D eigenvalue weighted by molar-refractivity contribution is 0.101. The zero-order chi connectivity index (χ0) is 18.8. The quantitative estimate of drug-likeness (QED) is 0.492. The van der Waals surface area contributed by atoms with Gasteiger partial charge in [-0.2, -0.15) is 5.10 Å². The first kappa shape index (κ1) is 18.8. The molecule has 7 heteroatoms. The first-order valence-electron chi connectivity index (χ1n) is 8.24. The molecular formula is C19H18F2IN3O. The van der Waals surface area contributed by atoms with Crippen LogP contribution < -0.4 is 5.32 Å². The van der Waals surface area contributed by atoms with E-state index in [2.05, 4.69) is 38.7 Å². The molecule has 1 aromatic carbocycles. The third-order valence-corrected chi connectivity index (χ3v) is 4.50. The van der Waals surface area contributed by atoms with Gasteiger partial charge in [-0.25, -0.2) is 8.78 Å². The zero-order valence-electron chi connectivity index (χ0n) is 14.4. The van der Waals surface area contributed by atoms with Crippen molar-refractivity contribution in [2.45, 2.75) is 32.6 Å². The number of benzene rings is 1. The lowest BCUT2D eigenvalue weighted by Crippen LogP contribution is -2.16. The van der Waals surface area contributed by atoms with Crippen LogP contribution in [-0.2, 0) is 13.5 Å². The minimum Gasteiger partial charge on any atom is -0.322 e. The predicted octanol–water partition coefficient (Wildman–Crippen LogP) is 5.27. The minimum absolute atomic E-state index is 0.102. The van der Waals surface area contributed by atoms with E-state index >= 15 is 0 Å². The smallest absolute Gasteiger partial charge is 0.282 e. The number of halogens is 3. The zero-order valence-corrected chi connectivity index (χ0v) is 16.6. The maximum absolute atomic E-state index is 13.1. The number of anilines is 1. The Hall–Kier alpha value is -1.99. The summed E-state index contributed by atoms with van der Waals surface area (Å²) in [4.78, 5) is 12.6. The molecule has 1 aliphatic carbocycles. The van der Waals surface area contributed by atoms with Crippen LogP contribution in [0.3, 0.4) is 0 Å². The third-order valence-electron chi connectivity index (χ3n) is 4.23. The highest BCUT2D eigenvalue weighted by Crippen LogP contribution is 2.35. The van der Waals surface area contributed by atoms with Gasteiger partial charge in [0, 0.05) is 28.1 Å². The number of fused-ring (bicyclic) bond motifs is 1. The summed E-state index contributed by atoms with van der Waals surface area (Å²) in [5.74, 6) is -0.571. The van der Waals surface area contributed by atoms with E-state index in [-0.39, 0.29) is 5.56 Å². The molecule has 2 aromatic rings. The van der Waals surface area contributed by atoms with Gasteiger partial charge in [0.05, 0.1) is 5.56 Å². The number of aryl methyl sites for hydroxylation is 1. The van der Waals surface area contributed by atoms with Crippen LogP contribution in [0.25, 0.3) is 5.57 Å². The highest BCUT2D eigenvalue weighted by atomic mass is 127. The monoisotopic (exact) mass is 469 g/mol. The van der Waals surface area contributed by atoms with Crippen molar-refractivity contribution in [3.63, 3.8) is 0 Å². The van der Waals surface area contributed by atoms with Gasteiger partial charge in [0.1, 0.15) is 5.69 Å².